The highest BCUT2D eigenvalue weighted by Crippen LogP contribution is 2.22. The van der Waals surface area contributed by atoms with Gasteiger partial charge in [0.15, 0.2) is 0 Å². The molecule has 0 fully saturated rings. The smallest absolute Gasteiger partial charge is 0.251 e. The second-order valence-corrected chi connectivity index (χ2v) is 5.75. The monoisotopic (exact) mass is 327 g/mol. The number of hydrogen-bond acceptors (Lipinski definition) is 2. The molecule has 0 aliphatic heterocycles. The van der Waals surface area contributed by atoms with Crippen LogP contribution in [0.5, 0.6) is 0 Å². The highest BCUT2D eigenvalue weighted by molar-refractivity contribution is 9.10. The summed E-state index contributed by atoms with van der Waals surface area (Å²) in [4.78, 5) is 12.9. The third kappa shape index (κ3) is 3.17. The van der Waals surface area contributed by atoms with Crippen LogP contribution >= 0.6 is 27.3 Å². The third-order valence-corrected chi connectivity index (χ3v) is 4.33. The van der Waals surface area contributed by atoms with Crippen molar-refractivity contribution >= 4 is 33.2 Å². The van der Waals surface area contributed by atoms with Crippen molar-refractivity contribution in [2.24, 2.45) is 0 Å². The minimum absolute atomic E-state index is 0.266. The van der Waals surface area contributed by atoms with Gasteiger partial charge in [0, 0.05) is 14.9 Å². The van der Waals surface area contributed by atoms with Crippen LogP contribution in [-0.2, 0) is 6.54 Å². The van der Waals surface area contributed by atoms with Crippen molar-refractivity contribution in [3.05, 3.63) is 55.9 Å². The Hall–Kier alpha value is -1.20. The van der Waals surface area contributed by atoms with Crippen LogP contribution in [0.15, 0.2) is 34.1 Å². The first kappa shape index (κ1) is 13.2. The van der Waals surface area contributed by atoms with E-state index in [4.69, 9.17) is 0 Å². The number of aryl methyl sites for hydroxylation is 1. The van der Waals surface area contributed by atoms with Gasteiger partial charge in [-0.2, -0.15) is 0 Å². The standard InChI is InChI=1S/C13H11BrFNOS/c1-8-4-9(6-10(15)5-8)13(17)16-7-12-11(14)2-3-18-12/h2-6H,7H2,1H3,(H,16,17). The van der Waals surface area contributed by atoms with Gasteiger partial charge < -0.3 is 5.32 Å². The SMILES string of the molecule is Cc1cc(F)cc(C(=O)NCc2sccc2Br)c1. The van der Waals surface area contributed by atoms with Gasteiger partial charge in [0.2, 0.25) is 0 Å². The zero-order valence-corrected chi connectivity index (χ0v) is 12.1. The predicted octanol–water partition coefficient (Wildman–Crippen LogP) is 3.89. The molecule has 0 bridgehead atoms. The van der Waals surface area contributed by atoms with Crippen molar-refractivity contribution < 1.29 is 9.18 Å². The maximum atomic E-state index is 13.2. The maximum Gasteiger partial charge on any atom is 0.251 e. The molecule has 0 atom stereocenters. The van der Waals surface area contributed by atoms with Gasteiger partial charge in [-0.15, -0.1) is 11.3 Å². The predicted molar refractivity (Wildman–Crippen MR) is 74.3 cm³/mol. The topological polar surface area (TPSA) is 29.1 Å². The van der Waals surface area contributed by atoms with Crippen molar-refractivity contribution in [2.75, 3.05) is 0 Å². The molecule has 2 aromatic rings. The number of rotatable bonds is 3. The largest absolute Gasteiger partial charge is 0.347 e. The molecule has 0 unspecified atom stereocenters. The molecule has 1 N–H and O–H groups in total. The van der Waals surface area contributed by atoms with Crippen LogP contribution in [0, 0.1) is 12.7 Å². The molecule has 1 aromatic heterocycles. The summed E-state index contributed by atoms with van der Waals surface area (Å²) >= 11 is 4.95. The minimum Gasteiger partial charge on any atom is -0.347 e. The lowest BCUT2D eigenvalue weighted by Gasteiger charge is -2.05. The summed E-state index contributed by atoms with van der Waals surface area (Å²) in [6, 6.07) is 6.23. The number of nitrogens with one attached hydrogen (secondary N) is 1. The van der Waals surface area contributed by atoms with E-state index in [9.17, 15) is 9.18 Å². The molecule has 2 nitrogen and oxygen atoms in total. The molecule has 1 amide bonds. The van der Waals surface area contributed by atoms with Gasteiger partial charge in [-0.25, -0.2) is 4.39 Å². The van der Waals surface area contributed by atoms with Crippen molar-refractivity contribution in [1.82, 2.24) is 5.32 Å². The maximum absolute atomic E-state index is 13.2. The summed E-state index contributed by atoms with van der Waals surface area (Å²) in [5, 5.41) is 4.71. The van der Waals surface area contributed by atoms with Crippen molar-refractivity contribution in [2.45, 2.75) is 13.5 Å². The lowest BCUT2D eigenvalue weighted by atomic mass is 10.1. The van der Waals surface area contributed by atoms with E-state index >= 15 is 0 Å². The molecule has 0 saturated carbocycles. The van der Waals surface area contributed by atoms with E-state index in [0.717, 1.165) is 14.9 Å². The number of benzene rings is 1. The average Bonchev–Trinajstić information content (AvgIpc) is 2.70. The van der Waals surface area contributed by atoms with E-state index in [2.05, 4.69) is 21.2 Å². The number of halogens is 2. The van der Waals surface area contributed by atoms with E-state index in [1.165, 1.54) is 12.1 Å². The molecule has 1 heterocycles. The molecule has 5 heteroatoms. The van der Waals surface area contributed by atoms with Gasteiger partial charge in [0.05, 0.1) is 6.54 Å². The Kier molecular flexibility index (Phi) is 4.14. The first-order valence-corrected chi connectivity index (χ1v) is 7.01. The van der Waals surface area contributed by atoms with Gasteiger partial charge in [-0.3, -0.25) is 4.79 Å². The third-order valence-electron chi connectivity index (χ3n) is 2.40. The Labute approximate surface area is 117 Å². The Morgan fingerprint density at radius 2 is 2.22 bits per heavy atom. The van der Waals surface area contributed by atoms with Crippen LogP contribution < -0.4 is 5.32 Å². The number of amides is 1. The second-order valence-electron chi connectivity index (χ2n) is 3.89. The zero-order chi connectivity index (χ0) is 13.1. The van der Waals surface area contributed by atoms with Gasteiger partial charge >= 0.3 is 0 Å². The molecule has 94 valence electrons. The lowest BCUT2D eigenvalue weighted by Crippen LogP contribution is -2.22. The molecule has 0 radical (unpaired) electrons. The fourth-order valence-electron chi connectivity index (χ4n) is 1.58. The molecule has 2 rings (SSSR count). The quantitative estimate of drug-likeness (QED) is 0.910. The Morgan fingerprint density at radius 1 is 1.44 bits per heavy atom. The Balaban J connectivity index is 2.06. The van der Waals surface area contributed by atoms with Crippen molar-refractivity contribution in [3.8, 4) is 0 Å². The first-order chi connectivity index (χ1) is 8.56. The average molecular weight is 328 g/mol. The molecule has 0 aliphatic rings. The number of carbonyl (C=O) groups excluding carboxylic acids is 1. The molecule has 0 saturated heterocycles. The summed E-state index contributed by atoms with van der Waals surface area (Å²) in [5.74, 6) is -0.657. The normalized spacial score (nSPS) is 10.4. The molecular weight excluding hydrogens is 317 g/mol. The van der Waals surface area contributed by atoms with E-state index in [1.807, 2.05) is 11.4 Å². The summed E-state index contributed by atoms with van der Waals surface area (Å²) in [6.45, 7) is 2.20. The van der Waals surface area contributed by atoms with Crippen molar-refractivity contribution in [1.29, 1.82) is 0 Å². The minimum atomic E-state index is -0.391. The summed E-state index contributed by atoms with van der Waals surface area (Å²) < 4.78 is 14.2. The van der Waals surface area contributed by atoms with Crippen molar-refractivity contribution in [3.63, 3.8) is 0 Å². The fourth-order valence-corrected chi connectivity index (χ4v) is 3.01. The van der Waals surface area contributed by atoms with E-state index < -0.39 is 5.82 Å². The van der Waals surface area contributed by atoms with Crippen LogP contribution in [0.4, 0.5) is 4.39 Å². The molecular formula is C13H11BrFNOS. The van der Waals surface area contributed by atoms with Gasteiger partial charge in [-0.05, 0) is 58.1 Å². The molecule has 18 heavy (non-hydrogen) atoms. The highest BCUT2D eigenvalue weighted by Gasteiger charge is 2.09. The molecule has 0 aliphatic carbocycles. The highest BCUT2D eigenvalue weighted by atomic mass is 79.9. The molecule has 0 spiro atoms. The Bertz CT molecular complexity index is 562. The van der Waals surface area contributed by atoms with Gasteiger partial charge in [-0.1, -0.05) is 0 Å². The number of carbonyl (C=O) groups is 1. The van der Waals surface area contributed by atoms with Gasteiger partial charge in [0.25, 0.3) is 5.91 Å². The number of thiophene rings is 1. The Morgan fingerprint density at radius 3 is 2.83 bits per heavy atom. The van der Waals surface area contributed by atoms with Crippen LogP contribution in [0.2, 0.25) is 0 Å². The van der Waals surface area contributed by atoms with Gasteiger partial charge in [0.1, 0.15) is 5.82 Å². The summed E-state index contributed by atoms with van der Waals surface area (Å²) in [6.07, 6.45) is 0. The summed E-state index contributed by atoms with van der Waals surface area (Å²) in [5.41, 5.74) is 1.08. The van der Waals surface area contributed by atoms with Crippen LogP contribution in [-0.4, -0.2) is 5.91 Å². The lowest BCUT2D eigenvalue weighted by molar-refractivity contribution is 0.0950. The second kappa shape index (κ2) is 5.63. The van der Waals surface area contributed by atoms with Crippen LogP contribution in [0.25, 0.3) is 0 Å². The van der Waals surface area contributed by atoms with E-state index in [0.29, 0.717) is 12.1 Å². The van der Waals surface area contributed by atoms with E-state index in [1.54, 1.807) is 24.3 Å². The van der Waals surface area contributed by atoms with E-state index in [-0.39, 0.29) is 5.91 Å². The number of hydrogen-bond donors (Lipinski definition) is 1. The fraction of sp³-hybridized carbons (Fsp3) is 0.154. The van der Waals surface area contributed by atoms with Crippen LogP contribution in [0.3, 0.4) is 0 Å². The summed E-state index contributed by atoms with van der Waals surface area (Å²) in [7, 11) is 0. The zero-order valence-electron chi connectivity index (χ0n) is 9.67. The van der Waals surface area contributed by atoms with Crippen LogP contribution in [0.1, 0.15) is 20.8 Å². The first-order valence-electron chi connectivity index (χ1n) is 5.33. The molecule has 1 aromatic carbocycles.